The molecular formula is C18H24ClF3N2O. The molecule has 0 spiro atoms. The van der Waals surface area contributed by atoms with E-state index < -0.39 is 11.7 Å². The summed E-state index contributed by atoms with van der Waals surface area (Å²) in [6.45, 7) is 3.92. The van der Waals surface area contributed by atoms with Crippen LogP contribution in [-0.4, -0.2) is 37.5 Å². The molecule has 1 heterocycles. The van der Waals surface area contributed by atoms with E-state index in [1.54, 1.807) is 17.9 Å². The normalized spacial score (nSPS) is 18.7. The van der Waals surface area contributed by atoms with Gasteiger partial charge in [0, 0.05) is 19.2 Å². The molecule has 0 radical (unpaired) electrons. The van der Waals surface area contributed by atoms with Crippen LogP contribution < -0.4 is 5.32 Å². The van der Waals surface area contributed by atoms with Gasteiger partial charge in [0.05, 0.1) is 5.56 Å². The summed E-state index contributed by atoms with van der Waals surface area (Å²) < 4.78 is 38.4. The zero-order chi connectivity index (χ0) is 17.7. The maximum atomic E-state index is 12.8. The summed E-state index contributed by atoms with van der Waals surface area (Å²) in [4.78, 5) is 14.2. The number of nitrogens with one attached hydrogen (secondary N) is 1. The summed E-state index contributed by atoms with van der Waals surface area (Å²) in [5.41, 5.74) is 0.260. The van der Waals surface area contributed by atoms with Crippen LogP contribution in [0.4, 0.5) is 13.2 Å². The highest BCUT2D eigenvalue weighted by molar-refractivity contribution is 5.95. The fourth-order valence-electron chi connectivity index (χ4n) is 3.02. The van der Waals surface area contributed by atoms with Crippen LogP contribution in [0.15, 0.2) is 30.3 Å². The first kappa shape index (κ1) is 21.5. The first-order valence-corrected chi connectivity index (χ1v) is 8.10. The number of halogens is 4. The molecule has 1 aromatic carbocycles. The standard InChI is InChI=1S/C18H23F3N2O.ClH/c1-13(15-6-3-7-16(10-15)18(19,20)21)9-17(24)23-8-4-5-14(12-23)11-22-2;/h3,6-7,9-10,14,22H,4-5,8,11-12H2,1-2H3;1H/b13-9+;. The Morgan fingerprint density at radius 3 is 2.76 bits per heavy atom. The van der Waals surface area contributed by atoms with Crippen molar-refractivity contribution in [1.29, 1.82) is 0 Å². The third-order valence-electron chi connectivity index (χ3n) is 4.31. The SMILES string of the molecule is CNCC1CCCN(C(=O)/C=C(\C)c2cccc(C(F)(F)F)c2)C1.Cl. The van der Waals surface area contributed by atoms with Crippen LogP contribution in [0.2, 0.25) is 0 Å². The van der Waals surface area contributed by atoms with Crippen LogP contribution in [0, 0.1) is 5.92 Å². The van der Waals surface area contributed by atoms with E-state index in [1.165, 1.54) is 12.1 Å². The van der Waals surface area contributed by atoms with Crippen molar-refractivity contribution in [3.8, 4) is 0 Å². The monoisotopic (exact) mass is 376 g/mol. The molecule has 1 amide bonds. The van der Waals surface area contributed by atoms with Crippen molar-refractivity contribution in [2.45, 2.75) is 25.9 Å². The predicted octanol–water partition coefficient (Wildman–Crippen LogP) is 3.99. The topological polar surface area (TPSA) is 32.3 Å². The highest BCUT2D eigenvalue weighted by Gasteiger charge is 2.30. The number of hydrogen-bond acceptors (Lipinski definition) is 2. The lowest BCUT2D eigenvalue weighted by Crippen LogP contribution is -2.41. The van der Waals surface area contributed by atoms with Gasteiger partial charge in [0.1, 0.15) is 0 Å². The van der Waals surface area contributed by atoms with Crippen molar-refractivity contribution >= 4 is 23.9 Å². The van der Waals surface area contributed by atoms with Crippen LogP contribution >= 0.6 is 12.4 Å². The molecule has 0 aliphatic carbocycles. The lowest BCUT2D eigenvalue weighted by atomic mass is 9.97. The van der Waals surface area contributed by atoms with Crippen LogP contribution in [0.25, 0.3) is 5.57 Å². The number of carbonyl (C=O) groups excluding carboxylic acids is 1. The average molecular weight is 377 g/mol. The molecule has 1 atom stereocenters. The molecule has 3 nitrogen and oxygen atoms in total. The number of hydrogen-bond donors (Lipinski definition) is 1. The van der Waals surface area contributed by atoms with E-state index in [4.69, 9.17) is 0 Å². The number of carbonyl (C=O) groups is 1. The Balaban J connectivity index is 0.00000312. The highest BCUT2D eigenvalue weighted by atomic mass is 35.5. The molecule has 1 aromatic rings. The number of allylic oxidation sites excluding steroid dienone is 1. The minimum atomic E-state index is -4.38. The minimum absolute atomic E-state index is 0. The minimum Gasteiger partial charge on any atom is -0.339 e. The van der Waals surface area contributed by atoms with Gasteiger partial charge in [0.15, 0.2) is 0 Å². The first-order valence-electron chi connectivity index (χ1n) is 8.10. The Kier molecular flexibility index (Phi) is 7.96. The molecule has 1 aliphatic heterocycles. The van der Waals surface area contributed by atoms with Crippen LogP contribution in [0.1, 0.15) is 30.9 Å². The molecule has 0 bridgehead atoms. The first-order chi connectivity index (χ1) is 11.3. The van der Waals surface area contributed by atoms with Gasteiger partial charge in [-0.3, -0.25) is 4.79 Å². The van der Waals surface area contributed by atoms with Gasteiger partial charge in [-0.1, -0.05) is 12.1 Å². The molecule has 0 saturated carbocycles. The maximum absolute atomic E-state index is 12.8. The summed E-state index contributed by atoms with van der Waals surface area (Å²) in [5.74, 6) is 0.292. The van der Waals surface area contributed by atoms with Crippen molar-refractivity contribution in [1.82, 2.24) is 10.2 Å². The van der Waals surface area contributed by atoms with Crippen LogP contribution in [-0.2, 0) is 11.0 Å². The molecule has 1 unspecified atom stereocenters. The van der Waals surface area contributed by atoms with E-state index in [-0.39, 0.29) is 18.3 Å². The molecule has 140 valence electrons. The van der Waals surface area contributed by atoms with E-state index in [2.05, 4.69) is 5.32 Å². The zero-order valence-electron chi connectivity index (χ0n) is 14.4. The highest BCUT2D eigenvalue weighted by Crippen LogP contribution is 2.31. The van der Waals surface area contributed by atoms with Gasteiger partial charge >= 0.3 is 6.18 Å². The third-order valence-corrected chi connectivity index (χ3v) is 4.31. The largest absolute Gasteiger partial charge is 0.416 e. The van der Waals surface area contributed by atoms with Crippen LogP contribution in [0.3, 0.4) is 0 Å². The summed E-state index contributed by atoms with van der Waals surface area (Å²) in [5, 5.41) is 3.12. The van der Waals surface area contributed by atoms with Gasteiger partial charge in [-0.05, 0) is 62.5 Å². The Labute approximate surface area is 152 Å². The van der Waals surface area contributed by atoms with Gasteiger partial charge < -0.3 is 10.2 Å². The molecular weight excluding hydrogens is 353 g/mol. The Morgan fingerprint density at radius 1 is 1.40 bits per heavy atom. The second-order valence-corrected chi connectivity index (χ2v) is 6.26. The van der Waals surface area contributed by atoms with Crippen molar-refractivity contribution in [2.75, 3.05) is 26.7 Å². The van der Waals surface area contributed by atoms with Gasteiger partial charge in [0.25, 0.3) is 0 Å². The molecule has 25 heavy (non-hydrogen) atoms. The number of likely N-dealkylation sites (tertiary alicyclic amines) is 1. The summed E-state index contributed by atoms with van der Waals surface area (Å²) in [6, 6.07) is 5.07. The lowest BCUT2D eigenvalue weighted by molar-refractivity contribution is -0.137. The van der Waals surface area contributed by atoms with Crippen molar-refractivity contribution in [3.05, 3.63) is 41.5 Å². The molecule has 0 aromatic heterocycles. The van der Waals surface area contributed by atoms with E-state index in [0.29, 0.717) is 30.1 Å². The number of rotatable bonds is 4. The fourth-order valence-corrected chi connectivity index (χ4v) is 3.02. The van der Waals surface area contributed by atoms with Crippen molar-refractivity contribution in [2.24, 2.45) is 5.92 Å². The summed E-state index contributed by atoms with van der Waals surface area (Å²) in [7, 11) is 1.89. The maximum Gasteiger partial charge on any atom is 0.416 e. The number of alkyl halides is 3. The van der Waals surface area contributed by atoms with Gasteiger partial charge in [-0.25, -0.2) is 0 Å². The number of amides is 1. The molecule has 1 aliphatic rings. The Bertz CT molecular complexity index is 615. The lowest BCUT2D eigenvalue weighted by Gasteiger charge is -2.32. The van der Waals surface area contributed by atoms with Crippen LogP contribution in [0.5, 0.6) is 0 Å². The third kappa shape index (κ3) is 6.04. The van der Waals surface area contributed by atoms with E-state index in [1.807, 2.05) is 7.05 Å². The van der Waals surface area contributed by atoms with Crippen molar-refractivity contribution < 1.29 is 18.0 Å². The molecule has 2 rings (SSSR count). The number of nitrogens with zero attached hydrogens (tertiary/aromatic N) is 1. The number of piperidine rings is 1. The zero-order valence-corrected chi connectivity index (χ0v) is 15.2. The van der Waals surface area contributed by atoms with Crippen molar-refractivity contribution in [3.63, 3.8) is 0 Å². The Hall–Kier alpha value is -1.53. The number of benzene rings is 1. The van der Waals surface area contributed by atoms with Gasteiger partial charge in [-0.2, -0.15) is 13.2 Å². The van der Waals surface area contributed by atoms with E-state index in [0.717, 1.165) is 31.5 Å². The molecule has 1 saturated heterocycles. The molecule has 1 fully saturated rings. The van der Waals surface area contributed by atoms with Gasteiger partial charge in [-0.15, -0.1) is 12.4 Å². The molecule has 1 N–H and O–H groups in total. The predicted molar refractivity (Wildman–Crippen MR) is 95.6 cm³/mol. The second-order valence-electron chi connectivity index (χ2n) is 6.26. The van der Waals surface area contributed by atoms with E-state index in [9.17, 15) is 18.0 Å². The Morgan fingerprint density at radius 2 is 2.12 bits per heavy atom. The van der Waals surface area contributed by atoms with E-state index >= 15 is 0 Å². The molecule has 7 heteroatoms. The second kappa shape index (κ2) is 9.25. The fraction of sp³-hybridized carbons (Fsp3) is 0.500. The smallest absolute Gasteiger partial charge is 0.339 e. The quantitative estimate of drug-likeness (QED) is 0.806. The summed E-state index contributed by atoms with van der Waals surface area (Å²) in [6.07, 6.45) is -0.903. The average Bonchev–Trinajstić information content (AvgIpc) is 2.54. The van der Waals surface area contributed by atoms with Gasteiger partial charge in [0.2, 0.25) is 5.91 Å². The summed E-state index contributed by atoms with van der Waals surface area (Å²) >= 11 is 0.